The van der Waals surface area contributed by atoms with E-state index in [1.54, 1.807) is 13.2 Å². The van der Waals surface area contributed by atoms with E-state index in [1.165, 1.54) is 23.1 Å². The van der Waals surface area contributed by atoms with Crippen molar-refractivity contribution < 1.29 is 18.7 Å². The molecule has 10 heteroatoms. The van der Waals surface area contributed by atoms with Crippen molar-refractivity contribution in [2.75, 3.05) is 17.7 Å². The molecule has 32 heavy (non-hydrogen) atoms. The second kappa shape index (κ2) is 9.50. The van der Waals surface area contributed by atoms with E-state index in [1.807, 2.05) is 31.4 Å². The number of nitrogens with zero attached hydrogens (tertiary/aromatic N) is 3. The number of furan rings is 1. The van der Waals surface area contributed by atoms with Crippen LogP contribution >= 0.6 is 23.1 Å². The van der Waals surface area contributed by atoms with Gasteiger partial charge in [-0.25, -0.2) is 4.79 Å². The lowest BCUT2D eigenvalue weighted by Gasteiger charge is -2.13. The standard InChI is InChI=1S/C22H26N4O4S2/c1-5-29-21(28)18-15-7-6-8-16(15)32-20(18)23-17(27)11-31-22-25-24-19(26(22)12(2)3)14-9-10-30-13(14)4/h9-10,12H,5-8,11H2,1-4H3,(H,23,27). The summed E-state index contributed by atoms with van der Waals surface area (Å²) in [6.07, 6.45) is 4.44. The summed E-state index contributed by atoms with van der Waals surface area (Å²) in [4.78, 5) is 26.4. The van der Waals surface area contributed by atoms with E-state index in [-0.39, 0.29) is 23.7 Å². The highest BCUT2D eigenvalue weighted by Gasteiger charge is 2.28. The van der Waals surface area contributed by atoms with Gasteiger partial charge in [0.05, 0.1) is 29.7 Å². The quantitative estimate of drug-likeness (QED) is 0.367. The number of amides is 1. The van der Waals surface area contributed by atoms with Crippen LogP contribution in [0.25, 0.3) is 11.4 Å². The van der Waals surface area contributed by atoms with Crippen LogP contribution in [0, 0.1) is 6.92 Å². The maximum atomic E-state index is 12.8. The highest BCUT2D eigenvalue weighted by Crippen LogP contribution is 2.39. The van der Waals surface area contributed by atoms with Crippen LogP contribution in [0.2, 0.25) is 0 Å². The SMILES string of the molecule is CCOC(=O)c1c(NC(=O)CSc2nnc(-c3ccoc3C)n2C(C)C)sc2c1CCC2. The Hall–Kier alpha value is -2.59. The fourth-order valence-corrected chi connectivity index (χ4v) is 6.01. The van der Waals surface area contributed by atoms with Crippen LogP contribution in [0.5, 0.6) is 0 Å². The Labute approximate surface area is 194 Å². The molecular formula is C22H26N4O4S2. The first-order chi connectivity index (χ1) is 15.4. The average molecular weight is 475 g/mol. The molecule has 4 rings (SSSR count). The summed E-state index contributed by atoms with van der Waals surface area (Å²) in [5.41, 5.74) is 2.43. The number of carbonyl (C=O) groups is 2. The molecule has 170 valence electrons. The van der Waals surface area contributed by atoms with Crippen LogP contribution in [-0.2, 0) is 22.4 Å². The third-order valence-electron chi connectivity index (χ3n) is 5.27. The van der Waals surface area contributed by atoms with Crippen LogP contribution in [-0.4, -0.2) is 39.0 Å². The molecule has 1 N–H and O–H groups in total. The van der Waals surface area contributed by atoms with E-state index < -0.39 is 0 Å². The van der Waals surface area contributed by atoms with E-state index in [4.69, 9.17) is 9.15 Å². The molecule has 0 saturated carbocycles. The van der Waals surface area contributed by atoms with Crippen molar-refractivity contribution >= 4 is 40.0 Å². The van der Waals surface area contributed by atoms with Crippen molar-refractivity contribution in [2.24, 2.45) is 0 Å². The van der Waals surface area contributed by atoms with Gasteiger partial charge >= 0.3 is 5.97 Å². The molecule has 3 aromatic rings. The fourth-order valence-electron chi connectivity index (χ4n) is 3.85. The van der Waals surface area contributed by atoms with Gasteiger partial charge in [0.15, 0.2) is 11.0 Å². The van der Waals surface area contributed by atoms with Crippen molar-refractivity contribution in [3.05, 3.63) is 34.1 Å². The third kappa shape index (κ3) is 4.33. The maximum absolute atomic E-state index is 12.8. The minimum absolute atomic E-state index is 0.107. The first-order valence-corrected chi connectivity index (χ1v) is 12.4. The minimum Gasteiger partial charge on any atom is -0.469 e. The number of carbonyl (C=O) groups excluding carboxylic acids is 2. The lowest BCUT2D eigenvalue weighted by molar-refractivity contribution is -0.113. The number of esters is 1. The summed E-state index contributed by atoms with van der Waals surface area (Å²) in [6.45, 7) is 8.06. The lowest BCUT2D eigenvalue weighted by Crippen LogP contribution is -2.17. The van der Waals surface area contributed by atoms with Gasteiger partial charge in [0.1, 0.15) is 10.8 Å². The topological polar surface area (TPSA) is 99.2 Å². The van der Waals surface area contributed by atoms with Gasteiger partial charge in [-0.3, -0.25) is 9.36 Å². The Morgan fingerprint density at radius 1 is 1.34 bits per heavy atom. The smallest absolute Gasteiger partial charge is 0.341 e. The highest BCUT2D eigenvalue weighted by atomic mass is 32.2. The summed E-state index contributed by atoms with van der Waals surface area (Å²) in [6, 6.07) is 1.97. The number of rotatable bonds is 8. The van der Waals surface area contributed by atoms with Crippen LogP contribution in [0.3, 0.4) is 0 Å². The van der Waals surface area contributed by atoms with Crippen molar-refractivity contribution in [3.8, 4) is 11.4 Å². The number of anilines is 1. The van der Waals surface area contributed by atoms with E-state index in [0.29, 0.717) is 28.2 Å². The Morgan fingerprint density at radius 2 is 2.16 bits per heavy atom. The molecule has 0 aliphatic heterocycles. The van der Waals surface area contributed by atoms with Crippen molar-refractivity contribution in [1.82, 2.24) is 14.8 Å². The Bertz CT molecular complexity index is 1150. The molecule has 0 fully saturated rings. The van der Waals surface area contributed by atoms with Gasteiger partial charge in [-0.05, 0) is 58.6 Å². The molecule has 3 aromatic heterocycles. The van der Waals surface area contributed by atoms with E-state index in [0.717, 1.165) is 41.0 Å². The molecule has 1 aliphatic rings. The number of thioether (sulfide) groups is 1. The molecule has 1 aliphatic carbocycles. The van der Waals surface area contributed by atoms with Gasteiger partial charge in [-0.1, -0.05) is 11.8 Å². The second-order valence-electron chi connectivity index (χ2n) is 7.78. The number of nitrogens with one attached hydrogen (secondary N) is 1. The molecule has 0 atom stereocenters. The summed E-state index contributed by atoms with van der Waals surface area (Å²) in [7, 11) is 0. The first kappa shape index (κ1) is 22.6. The number of thiophene rings is 1. The summed E-state index contributed by atoms with van der Waals surface area (Å²) < 4.78 is 12.6. The van der Waals surface area contributed by atoms with Gasteiger partial charge in [0.25, 0.3) is 0 Å². The van der Waals surface area contributed by atoms with Gasteiger partial charge in [0, 0.05) is 10.9 Å². The largest absolute Gasteiger partial charge is 0.469 e. The molecule has 3 heterocycles. The number of fused-ring (bicyclic) bond motifs is 1. The molecule has 1 amide bonds. The predicted octanol–water partition coefficient (Wildman–Crippen LogP) is 4.89. The van der Waals surface area contributed by atoms with Crippen LogP contribution in [0.1, 0.15) is 59.8 Å². The van der Waals surface area contributed by atoms with Crippen molar-refractivity contribution in [3.63, 3.8) is 0 Å². The van der Waals surface area contributed by atoms with E-state index in [9.17, 15) is 9.59 Å². The van der Waals surface area contributed by atoms with Gasteiger partial charge < -0.3 is 14.5 Å². The lowest BCUT2D eigenvalue weighted by atomic mass is 10.1. The molecule has 0 spiro atoms. The van der Waals surface area contributed by atoms with E-state index in [2.05, 4.69) is 15.5 Å². The summed E-state index contributed by atoms with van der Waals surface area (Å²) in [5, 5.41) is 12.8. The van der Waals surface area contributed by atoms with Gasteiger partial charge in [-0.15, -0.1) is 21.5 Å². The third-order valence-corrected chi connectivity index (χ3v) is 7.42. The fraction of sp³-hybridized carbons (Fsp3) is 0.455. The molecule has 0 unspecified atom stereocenters. The highest BCUT2D eigenvalue weighted by molar-refractivity contribution is 7.99. The first-order valence-electron chi connectivity index (χ1n) is 10.6. The number of aryl methyl sites for hydroxylation is 2. The minimum atomic E-state index is -0.366. The Kier molecular flexibility index (Phi) is 6.71. The number of hydrogen-bond donors (Lipinski definition) is 1. The summed E-state index contributed by atoms with van der Waals surface area (Å²) in [5.74, 6) is 1.08. The monoisotopic (exact) mass is 474 g/mol. The Morgan fingerprint density at radius 3 is 2.84 bits per heavy atom. The van der Waals surface area contributed by atoms with Crippen LogP contribution < -0.4 is 5.32 Å². The molecule has 0 aromatic carbocycles. The Balaban J connectivity index is 1.50. The predicted molar refractivity (Wildman–Crippen MR) is 125 cm³/mol. The zero-order valence-electron chi connectivity index (χ0n) is 18.6. The van der Waals surface area contributed by atoms with Gasteiger partial charge in [0.2, 0.25) is 5.91 Å². The van der Waals surface area contributed by atoms with Crippen molar-refractivity contribution in [1.29, 1.82) is 0 Å². The van der Waals surface area contributed by atoms with E-state index >= 15 is 0 Å². The molecular weight excluding hydrogens is 448 g/mol. The molecule has 0 radical (unpaired) electrons. The zero-order chi connectivity index (χ0) is 22.8. The molecule has 8 nitrogen and oxygen atoms in total. The average Bonchev–Trinajstić information content (AvgIpc) is 3.49. The maximum Gasteiger partial charge on any atom is 0.341 e. The van der Waals surface area contributed by atoms with Crippen molar-refractivity contribution in [2.45, 2.75) is 58.2 Å². The zero-order valence-corrected chi connectivity index (χ0v) is 20.2. The second-order valence-corrected chi connectivity index (χ2v) is 9.83. The van der Waals surface area contributed by atoms with Crippen LogP contribution in [0.4, 0.5) is 5.00 Å². The van der Waals surface area contributed by atoms with Crippen LogP contribution in [0.15, 0.2) is 21.9 Å². The van der Waals surface area contributed by atoms with Gasteiger partial charge in [-0.2, -0.15) is 0 Å². The number of aromatic nitrogens is 3. The molecule has 0 bridgehead atoms. The number of hydrogen-bond acceptors (Lipinski definition) is 8. The molecule has 0 saturated heterocycles. The normalized spacial score (nSPS) is 12.9. The number of ether oxygens (including phenoxy) is 1. The summed E-state index contributed by atoms with van der Waals surface area (Å²) >= 11 is 2.80.